The Hall–Kier alpha value is -2.20. The topological polar surface area (TPSA) is 64.1 Å². The van der Waals surface area contributed by atoms with Gasteiger partial charge < -0.3 is 19.1 Å². The number of benzene rings is 2. The number of fused-ring (bicyclic) bond motifs is 1. The van der Waals surface area contributed by atoms with Crippen LogP contribution in [0, 0.1) is 0 Å². The molecule has 0 bridgehead atoms. The van der Waals surface area contributed by atoms with Crippen molar-refractivity contribution in [2.75, 3.05) is 59.7 Å². The molecule has 0 fully saturated rings. The van der Waals surface area contributed by atoms with Gasteiger partial charge in [-0.3, -0.25) is 9.69 Å². The third-order valence-electron chi connectivity index (χ3n) is 4.74. The maximum atomic E-state index is 13.6. The number of nitrogens with zero attached hydrogens (tertiary/aromatic N) is 3. The first kappa shape index (κ1) is 26.1. The van der Waals surface area contributed by atoms with E-state index in [1.807, 2.05) is 37.4 Å². The van der Waals surface area contributed by atoms with Gasteiger partial charge in [0.2, 0.25) is 5.75 Å². The highest BCUT2D eigenvalue weighted by Gasteiger charge is 2.24. The lowest BCUT2D eigenvalue weighted by atomic mass is 10.1. The molecule has 0 N–H and O–H groups in total. The van der Waals surface area contributed by atoms with Crippen LogP contribution in [-0.2, 0) is 0 Å². The molecule has 0 saturated heterocycles. The van der Waals surface area contributed by atoms with Gasteiger partial charge in [0, 0.05) is 23.5 Å². The summed E-state index contributed by atoms with van der Waals surface area (Å²) in [6, 6.07) is 9.49. The first-order valence-corrected chi connectivity index (χ1v) is 11.7. The standard InChI is InChI=1S/C22H27N3O4S2.ClH/c1-24(2)9-10-25(22-23-16-8-7-15(30-6)13-19(16)31-22)21(26)14-11-17(27-3)20(29-5)18(12-14)28-4;/h7-8,11-13H,9-10H2,1-6H3;1H. The molecular weight excluding hydrogens is 470 g/mol. The number of halogens is 1. The van der Waals surface area contributed by atoms with Crippen molar-refractivity contribution in [3.63, 3.8) is 0 Å². The molecule has 3 rings (SSSR count). The van der Waals surface area contributed by atoms with E-state index in [1.54, 1.807) is 28.8 Å². The number of likely N-dealkylation sites (N-methyl/N-ethyl adjacent to an activating group) is 1. The number of thioether (sulfide) groups is 1. The SMILES string of the molecule is COc1cc(C(=O)N(CCN(C)C)c2nc3ccc(SC)cc3s2)cc(OC)c1OC.Cl. The second-order valence-corrected chi connectivity index (χ2v) is 8.89. The molecule has 3 aromatic rings. The van der Waals surface area contributed by atoms with Crippen LogP contribution in [-0.4, -0.2) is 70.6 Å². The van der Waals surface area contributed by atoms with Crippen LogP contribution in [0.25, 0.3) is 10.2 Å². The van der Waals surface area contributed by atoms with Crippen LogP contribution in [0.1, 0.15) is 10.4 Å². The number of anilines is 1. The van der Waals surface area contributed by atoms with E-state index in [-0.39, 0.29) is 18.3 Å². The molecule has 1 amide bonds. The lowest BCUT2D eigenvalue weighted by Gasteiger charge is -2.23. The van der Waals surface area contributed by atoms with Gasteiger partial charge in [-0.25, -0.2) is 4.98 Å². The van der Waals surface area contributed by atoms with Crippen LogP contribution in [0.15, 0.2) is 35.2 Å². The summed E-state index contributed by atoms with van der Waals surface area (Å²) in [4.78, 5) is 23.3. The number of aromatic nitrogens is 1. The van der Waals surface area contributed by atoms with E-state index in [0.717, 1.165) is 10.2 Å². The van der Waals surface area contributed by atoms with Crippen molar-refractivity contribution in [3.8, 4) is 17.2 Å². The van der Waals surface area contributed by atoms with Crippen LogP contribution >= 0.6 is 35.5 Å². The average Bonchev–Trinajstić information content (AvgIpc) is 3.20. The second kappa shape index (κ2) is 11.6. The molecule has 0 aliphatic rings. The first-order chi connectivity index (χ1) is 14.9. The lowest BCUT2D eigenvalue weighted by Crippen LogP contribution is -2.36. The lowest BCUT2D eigenvalue weighted by molar-refractivity contribution is 0.0984. The van der Waals surface area contributed by atoms with Crippen molar-refractivity contribution >= 4 is 56.8 Å². The Bertz CT molecular complexity index is 1050. The van der Waals surface area contributed by atoms with Gasteiger partial charge in [-0.2, -0.15) is 0 Å². The summed E-state index contributed by atoms with van der Waals surface area (Å²) in [6.45, 7) is 1.19. The summed E-state index contributed by atoms with van der Waals surface area (Å²) in [7, 11) is 8.56. The molecule has 174 valence electrons. The predicted molar refractivity (Wildman–Crippen MR) is 135 cm³/mol. The molecule has 2 aromatic carbocycles. The van der Waals surface area contributed by atoms with Crippen molar-refractivity contribution in [1.29, 1.82) is 0 Å². The normalized spacial score (nSPS) is 10.7. The summed E-state index contributed by atoms with van der Waals surface area (Å²) in [5.74, 6) is 1.15. The van der Waals surface area contributed by atoms with E-state index in [9.17, 15) is 4.79 Å². The molecule has 0 aliphatic carbocycles. The zero-order valence-corrected chi connectivity index (χ0v) is 21.4. The molecule has 7 nitrogen and oxygen atoms in total. The Morgan fingerprint density at radius 1 is 1.03 bits per heavy atom. The quantitative estimate of drug-likeness (QED) is 0.398. The molecule has 32 heavy (non-hydrogen) atoms. The molecular formula is C22H28ClN3O4S2. The zero-order valence-electron chi connectivity index (χ0n) is 19.0. The van der Waals surface area contributed by atoms with Gasteiger partial charge >= 0.3 is 0 Å². The number of amides is 1. The average molecular weight is 498 g/mol. The van der Waals surface area contributed by atoms with Gasteiger partial charge in [0.1, 0.15) is 0 Å². The molecule has 0 radical (unpaired) electrons. The maximum Gasteiger partial charge on any atom is 0.260 e. The van der Waals surface area contributed by atoms with Gasteiger partial charge in [-0.1, -0.05) is 11.3 Å². The maximum absolute atomic E-state index is 13.6. The molecule has 1 aromatic heterocycles. The van der Waals surface area contributed by atoms with Gasteiger partial charge in [0.15, 0.2) is 16.6 Å². The zero-order chi connectivity index (χ0) is 22.5. The Balaban J connectivity index is 0.00000363. The number of rotatable bonds is 9. The summed E-state index contributed by atoms with van der Waals surface area (Å²) < 4.78 is 17.3. The van der Waals surface area contributed by atoms with E-state index < -0.39 is 0 Å². The Kier molecular flexibility index (Phi) is 9.45. The number of methoxy groups -OCH3 is 3. The van der Waals surface area contributed by atoms with Crippen molar-refractivity contribution < 1.29 is 19.0 Å². The molecule has 0 unspecified atom stereocenters. The van der Waals surface area contributed by atoms with E-state index in [1.165, 1.54) is 37.6 Å². The minimum atomic E-state index is -0.176. The smallest absolute Gasteiger partial charge is 0.260 e. The molecule has 0 aliphatic heterocycles. The summed E-state index contributed by atoms with van der Waals surface area (Å²) >= 11 is 3.19. The van der Waals surface area contributed by atoms with Crippen LogP contribution < -0.4 is 19.1 Å². The van der Waals surface area contributed by atoms with Crippen molar-refractivity contribution in [1.82, 2.24) is 9.88 Å². The van der Waals surface area contributed by atoms with E-state index in [4.69, 9.17) is 19.2 Å². The second-order valence-electron chi connectivity index (χ2n) is 7.00. The minimum absolute atomic E-state index is 0. The molecule has 10 heteroatoms. The number of thiazole rings is 1. The van der Waals surface area contributed by atoms with Crippen molar-refractivity contribution in [3.05, 3.63) is 35.9 Å². The largest absolute Gasteiger partial charge is 0.493 e. The Morgan fingerprint density at radius 3 is 2.22 bits per heavy atom. The van der Waals surface area contributed by atoms with Gasteiger partial charge in [0.05, 0.1) is 31.5 Å². The minimum Gasteiger partial charge on any atom is -0.493 e. The molecule has 0 saturated carbocycles. The number of ether oxygens (including phenoxy) is 3. The summed E-state index contributed by atoms with van der Waals surface area (Å²) in [5.41, 5.74) is 1.32. The first-order valence-electron chi connectivity index (χ1n) is 9.63. The van der Waals surface area contributed by atoms with Gasteiger partial charge in [-0.05, 0) is 50.7 Å². The fraction of sp³-hybridized carbons (Fsp3) is 0.364. The Morgan fingerprint density at radius 2 is 1.69 bits per heavy atom. The molecule has 0 atom stereocenters. The number of carbonyl (C=O) groups excluding carboxylic acids is 1. The highest BCUT2D eigenvalue weighted by atomic mass is 35.5. The monoisotopic (exact) mass is 497 g/mol. The highest BCUT2D eigenvalue weighted by Crippen LogP contribution is 2.39. The summed E-state index contributed by atoms with van der Waals surface area (Å²) in [5, 5.41) is 0.661. The van der Waals surface area contributed by atoms with Gasteiger partial charge in [-0.15, -0.1) is 24.2 Å². The third kappa shape index (κ3) is 5.58. The third-order valence-corrected chi connectivity index (χ3v) is 6.51. The van der Waals surface area contributed by atoms with Crippen LogP contribution in [0.5, 0.6) is 17.2 Å². The number of hydrogen-bond acceptors (Lipinski definition) is 8. The fourth-order valence-electron chi connectivity index (χ4n) is 3.08. The fourth-order valence-corrected chi connectivity index (χ4v) is 4.62. The van der Waals surface area contributed by atoms with Crippen LogP contribution in [0.3, 0.4) is 0 Å². The van der Waals surface area contributed by atoms with Crippen LogP contribution in [0.2, 0.25) is 0 Å². The summed E-state index contributed by atoms with van der Waals surface area (Å²) in [6.07, 6.45) is 2.04. The van der Waals surface area contributed by atoms with Crippen LogP contribution in [0.4, 0.5) is 5.13 Å². The van der Waals surface area contributed by atoms with Crippen molar-refractivity contribution in [2.24, 2.45) is 0 Å². The predicted octanol–water partition coefficient (Wildman–Crippen LogP) is 4.67. The van der Waals surface area contributed by atoms with Crippen molar-refractivity contribution in [2.45, 2.75) is 4.90 Å². The van der Waals surface area contributed by atoms with Gasteiger partial charge in [0.25, 0.3) is 5.91 Å². The molecule has 0 spiro atoms. The highest BCUT2D eigenvalue weighted by molar-refractivity contribution is 7.98. The Labute approximate surface area is 203 Å². The molecule has 1 heterocycles. The van der Waals surface area contributed by atoms with E-state index in [0.29, 0.717) is 41.0 Å². The number of carbonyl (C=O) groups is 1. The number of hydrogen-bond donors (Lipinski definition) is 0. The van der Waals surface area contributed by atoms with E-state index >= 15 is 0 Å². The van der Waals surface area contributed by atoms with E-state index in [2.05, 4.69) is 6.07 Å².